The van der Waals surface area contributed by atoms with Crippen LogP contribution in [-0.4, -0.2) is 29.5 Å². The van der Waals surface area contributed by atoms with E-state index in [-0.39, 0.29) is 25.4 Å². The largest absolute Gasteiger partial charge is 1.00 e. The van der Waals surface area contributed by atoms with Crippen LogP contribution in [0.25, 0.3) is 0 Å². The maximum Gasteiger partial charge on any atom is 1.00 e. The summed E-state index contributed by atoms with van der Waals surface area (Å²) >= 11 is 0. The van der Waals surface area contributed by atoms with Gasteiger partial charge in [0.2, 0.25) is 0 Å². The number of unbranched alkanes of at least 4 members (excludes halogenated alkanes) is 6. The van der Waals surface area contributed by atoms with Gasteiger partial charge >= 0.3 is 18.9 Å². The molecule has 0 saturated heterocycles. The first kappa shape index (κ1) is 29.7. The van der Waals surface area contributed by atoms with Gasteiger partial charge in [0.05, 0.1) is 5.97 Å². The van der Waals surface area contributed by atoms with Crippen LogP contribution in [0.4, 0.5) is 0 Å². The molecular weight excluding hydrogens is 341 g/mol. The van der Waals surface area contributed by atoms with Gasteiger partial charge in [0.25, 0.3) is 0 Å². The molecule has 0 aromatic carbocycles. The molecule has 0 bridgehead atoms. The average molecular weight is 386 g/mol. The standard InChI is InChI=1S/C24H45NO2.Li/c1-5-9-11-13-15-17-19-22(7-3)25(21-24(26)27)23(8-4)20-18-16-14-12-10-6-2;/h5-6,9-10,22-23H,7-8,11-21H2,1-4H3,(H,26,27);/q;+1/p-1/b9-5+,10-6+;. The smallest absolute Gasteiger partial charge is 0.549 e. The zero-order chi connectivity index (χ0) is 20.3. The maximum absolute atomic E-state index is 11.4. The van der Waals surface area contributed by atoms with Crippen molar-refractivity contribution in [2.24, 2.45) is 0 Å². The third-order valence-corrected chi connectivity index (χ3v) is 5.48. The van der Waals surface area contributed by atoms with E-state index in [9.17, 15) is 9.90 Å². The van der Waals surface area contributed by atoms with E-state index in [4.69, 9.17) is 0 Å². The van der Waals surface area contributed by atoms with Gasteiger partial charge in [-0.05, 0) is 65.2 Å². The zero-order valence-electron chi connectivity index (χ0n) is 19.4. The van der Waals surface area contributed by atoms with Gasteiger partial charge in [0, 0.05) is 18.6 Å². The van der Waals surface area contributed by atoms with Crippen LogP contribution >= 0.6 is 0 Å². The first-order valence-corrected chi connectivity index (χ1v) is 11.3. The number of rotatable bonds is 18. The summed E-state index contributed by atoms with van der Waals surface area (Å²) in [6, 6.07) is 0.718. The normalized spacial score (nSPS) is 13.9. The fourth-order valence-electron chi connectivity index (χ4n) is 3.89. The van der Waals surface area contributed by atoms with Crippen LogP contribution in [0, 0.1) is 0 Å². The van der Waals surface area contributed by atoms with Gasteiger partial charge in [-0.25, -0.2) is 0 Å². The molecule has 0 aliphatic carbocycles. The quantitative estimate of drug-likeness (QED) is 0.207. The van der Waals surface area contributed by atoms with Gasteiger partial charge in [-0.3, -0.25) is 4.90 Å². The minimum atomic E-state index is -0.937. The van der Waals surface area contributed by atoms with Crippen molar-refractivity contribution in [2.45, 2.75) is 117 Å². The molecule has 0 amide bonds. The minimum absolute atomic E-state index is 0. The number of hydrogen-bond donors (Lipinski definition) is 0. The Labute approximate surface area is 187 Å². The van der Waals surface area contributed by atoms with E-state index in [2.05, 4.69) is 56.9 Å². The Balaban J connectivity index is 0. The zero-order valence-corrected chi connectivity index (χ0v) is 19.4. The van der Waals surface area contributed by atoms with Crippen molar-refractivity contribution in [1.29, 1.82) is 0 Å². The Hall–Kier alpha value is -0.493. The van der Waals surface area contributed by atoms with Gasteiger partial charge < -0.3 is 9.90 Å². The molecular formula is C24H44LiNO2. The maximum atomic E-state index is 11.4. The molecule has 0 rings (SSSR count). The Bertz CT molecular complexity index is 379. The van der Waals surface area contributed by atoms with Crippen molar-refractivity contribution in [3.8, 4) is 0 Å². The van der Waals surface area contributed by atoms with Crippen molar-refractivity contribution in [3.05, 3.63) is 24.3 Å². The van der Waals surface area contributed by atoms with Crippen LogP contribution < -0.4 is 24.0 Å². The Kier molecular flexibility index (Phi) is 22.5. The van der Waals surface area contributed by atoms with Gasteiger partial charge in [-0.15, -0.1) is 0 Å². The Morgan fingerprint density at radius 1 is 0.821 bits per heavy atom. The number of hydrogen-bond acceptors (Lipinski definition) is 3. The summed E-state index contributed by atoms with van der Waals surface area (Å²) in [4.78, 5) is 13.6. The summed E-state index contributed by atoms with van der Waals surface area (Å²) in [5.41, 5.74) is 0. The number of carbonyl (C=O) groups is 1. The second-order valence-electron chi connectivity index (χ2n) is 7.58. The molecule has 2 atom stereocenters. The summed E-state index contributed by atoms with van der Waals surface area (Å²) in [5.74, 6) is -0.937. The third kappa shape index (κ3) is 15.4. The van der Waals surface area contributed by atoms with E-state index in [0.717, 1.165) is 38.5 Å². The first-order chi connectivity index (χ1) is 13.1. The monoisotopic (exact) mass is 385 g/mol. The second kappa shape index (κ2) is 21.2. The van der Waals surface area contributed by atoms with Crippen molar-refractivity contribution in [2.75, 3.05) is 6.54 Å². The summed E-state index contributed by atoms with van der Waals surface area (Å²) in [5, 5.41) is 11.4. The van der Waals surface area contributed by atoms with Crippen LogP contribution in [0.3, 0.4) is 0 Å². The summed E-state index contributed by atoms with van der Waals surface area (Å²) in [6.07, 6.45) is 22.5. The molecule has 2 unspecified atom stereocenters. The van der Waals surface area contributed by atoms with E-state index < -0.39 is 5.97 Å². The molecule has 0 aliphatic heterocycles. The molecule has 0 aromatic rings. The second-order valence-corrected chi connectivity index (χ2v) is 7.58. The molecule has 0 aliphatic rings. The molecule has 4 heteroatoms. The van der Waals surface area contributed by atoms with Gasteiger partial charge in [-0.1, -0.05) is 63.8 Å². The van der Waals surface area contributed by atoms with Crippen LogP contribution in [0.5, 0.6) is 0 Å². The molecule has 3 nitrogen and oxygen atoms in total. The number of aliphatic carboxylic acids is 1. The predicted octanol–water partition coefficient (Wildman–Crippen LogP) is 2.65. The topological polar surface area (TPSA) is 43.4 Å². The number of nitrogens with zero attached hydrogens (tertiary/aromatic N) is 1. The molecule has 158 valence electrons. The first-order valence-electron chi connectivity index (χ1n) is 11.3. The molecule has 28 heavy (non-hydrogen) atoms. The van der Waals surface area contributed by atoms with Crippen LogP contribution in [-0.2, 0) is 4.79 Å². The predicted molar refractivity (Wildman–Crippen MR) is 116 cm³/mol. The molecule has 0 radical (unpaired) electrons. The van der Waals surface area contributed by atoms with Gasteiger partial charge in [0.15, 0.2) is 0 Å². The molecule has 0 fully saturated rings. The van der Waals surface area contributed by atoms with E-state index in [1.54, 1.807) is 0 Å². The summed E-state index contributed by atoms with van der Waals surface area (Å²) < 4.78 is 0. The molecule has 0 heterocycles. The van der Waals surface area contributed by atoms with Crippen molar-refractivity contribution in [3.63, 3.8) is 0 Å². The van der Waals surface area contributed by atoms with Gasteiger partial charge in [0.1, 0.15) is 0 Å². The summed E-state index contributed by atoms with van der Waals surface area (Å²) in [7, 11) is 0. The van der Waals surface area contributed by atoms with Crippen LogP contribution in [0.1, 0.15) is 105 Å². The van der Waals surface area contributed by atoms with Crippen LogP contribution in [0.2, 0.25) is 0 Å². The Morgan fingerprint density at radius 3 is 1.57 bits per heavy atom. The van der Waals surface area contributed by atoms with E-state index in [1.165, 1.54) is 38.5 Å². The van der Waals surface area contributed by atoms with E-state index in [1.807, 2.05) is 0 Å². The fraction of sp³-hybridized carbons (Fsp3) is 0.792. The average Bonchev–Trinajstić information content (AvgIpc) is 2.65. The molecule has 0 spiro atoms. The molecule has 0 saturated carbocycles. The van der Waals surface area contributed by atoms with E-state index >= 15 is 0 Å². The number of carbonyl (C=O) groups excluding carboxylic acids is 1. The van der Waals surface area contributed by atoms with Crippen molar-refractivity contribution in [1.82, 2.24) is 4.90 Å². The Morgan fingerprint density at radius 2 is 1.25 bits per heavy atom. The van der Waals surface area contributed by atoms with Crippen molar-refractivity contribution < 1.29 is 28.8 Å². The third-order valence-electron chi connectivity index (χ3n) is 5.48. The molecule has 0 N–H and O–H groups in total. The van der Waals surface area contributed by atoms with Crippen molar-refractivity contribution >= 4 is 5.97 Å². The van der Waals surface area contributed by atoms with Gasteiger partial charge in [-0.2, -0.15) is 0 Å². The SMILES string of the molecule is C/C=C/CCCCCC(CC)N(CC(=O)[O-])C(CC)CCCCC/C=C/C.[Li+]. The minimum Gasteiger partial charge on any atom is -0.549 e. The number of carboxylic acids is 1. The summed E-state index contributed by atoms with van der Waals surface area (Å²) in [6.45, 7) is 8.59. The number of carboxylic acid groups (broad SMARTS) is 1. The number of allylic oxidation sites excluding steroid dienone is 4. The fourth-order valence-corrected chi connectivity index (χ4v) is 3.89. The molecule has 0 aromatic heterocycles. The van der Waals surface area contributed by atoms with Crippen LogP contribution in [0.15, 0.2) is 24.3 Å². The van der Waals surface area contributed by atoms with E-state index in [0.29, 0.717) is 12.1 Å².